The molecule has 0 saturated carbocycles. The topological polar surface area (TPSA) is 71.8 Å². The van der Waals surface area contributed by atoms with E-state index in [1.165, 1.54) is 11.0 Å². The lowest BCUT2D eigenvalue weighted by Crippen LogP contribution is -2.45. The highest BCUT2D eigenvalue weighted by molar-refractivity contribution is 5.81. The predicted octanol–water partition coefficient (Wildman–Crippen LogP) is 1.25. The fourth-order valence-electron chi connectivity index (χ4n) is 2.05. The van der Waals surface area contributed by atoms with Crippen LogP contribution < -0.4 is 0 Å². The van der Waals surface area contributed by atoms with E-state index >= 15 is 0 Å². The maximum atomic E-state index is 11.8. The number of fused-ring (bicyclic) bond motifs is 1. The second kappa shape index (κ2) is 4.95. The minimum Gasteiger partial charge on any atom is -0.479 e. The van der Waals surface area contributed by atoms with Gasteiger partial charge in [-0.3, -0.25) is 4.90 Å². The number of carboxylic acid groups (broad SMARTS) is 1. The second-order valence-corrected chi connectivity index (χ2v) is 3.93. The van der Waals surface area contributed by atoms with Gasteiger partial charge in [-0.2, -0.15) is 0 Å². The Morgan fingerprint density at radius 3 is 3.00 bits per heavy atom. The van der Waals surface area contributed by atoms with Gasteiger partial charge in [0.05, 0.1) is 5.69 Å². The van der Waals surface area contributed by atoms with E-state index in [1.807, 2.05) is 4.57 Å². The molecular formula is C12H14N2O4. The number of hydrogen-bond donors (Lipinski definition) is 1. The first-order chi connectivity index (χ1) is 8.65. The van der Waals surface area contributed by atoms with Crippen LogP contribution in [0.3, 0.4) is 0 Å². The smallest absolute Gasteiger partial charge is 0.411 e. The lowest BCUT2D eigenvalue weighted by molar-refractivity contribution is -0.143. The van der Waals surface area contributed by atoms with Gasteiger partial charge in [0.1, 0.15) is 6.61 Å². The third-order valence-electron chi connectivity index (χ3n) is 2.83. The first kappa shape index (κ1) is 12.2. The molecule has 1 atom stereocenters. The quantitative estimate of drug-likeness (QED) is 0.819. The van der Waals surface area contributed by atoms with Gasteiger partial charge in [-0.05, 0) is 12.1 Å². The molecule has 1 N–H and O–H groups in total. The van der Waals surface area contributed by atoms with E-state index in [0.717, 1.165) is 0 Å². The highest BCUT2D eigenvalue weighted by atomic mass is 16.6. The summed E-state index contributed by atoms with van der Waals surface area (Å²) in [6, 6.07) is 2.47. The van der Waals surface area contributed by atoms with Gasteiger partial charge >= 0.3 is 12.1 Å². The third kappa shape index (κ3) is 2.09. The van der Waals surface area contributed by atoms with Crippen molar-refractivity contribution in [2.24, 2.45) is 0 Å². The maximum absolute atomic E-state index is 11.8. The van der Waals surface area contributed by atoms with Crippen molar-refractivity contribution in [3.63, 3.8) is 0 Å². The van der Waals surface area contributed by atoms with Crippen LogP contribution >= 0.6 is 0 Å². The summed E-state index contributed by atoms with van der Waals surface area (Å²) in [5, 5.41) is 9.27. The molecule has 0 aliphatic carbocycles. The number of hydrogen-bond acceptors (Lipinski definition) is 3. The number of carboxylic acids is 1. The Bertz CT molecular complexity index is 480. The molecule has 1 aliphatic heterocycles. The number of carbonyl (C=O) groups is 2. The van der Waals surface area contributed by atoms with Crippen molar-refractivity contribution in [1.82, 2.24) is 9.47 Å². The molecular weight excluding hydrogens is 236 g/mol. The van der Waals surface area contributed by atoms with Crippen LogP contribution in [0.25, 0.3) is 0 Å². The van der Waals surface area contributed by atoms with Gasteiger partial charge < -0.3 is 14.4 Å². The van der Waals surface area contributed by atoms with Gasteiger partial charge in [0.25, 0.3) is 0 Å². The van der Waals surface area contributed by atoms with Crippen molar-refractivity contribution in [1.29, 1.82) is 0 Å². The molecule has 0 spiro atoms. The molecule has 1 amide bonds. The number of aromatic nitrogens is 1. The van der Waals surface area contributed by atoms with Crippen LogP contribution in [-0.4, -0.2) is 39.8 Å². The highest BCUT2D eigenvalue weighted by Gasteiger charge is 2.36. The molecule has 6 heteroatoms. The number of nitrogens with zero attached hydrogens (tertiary/aromatic N) is 2. The van der Waals surface area contributed by atoms with E-state index in [2.05, 4.69) is 6.58 Å². The molecule has 1 aliphatic rings. The summed E-state index contributed by atoms with van der Waals surface area (Å²) in [6.07, 6.45) is 2.62. The summed E-state index contributed by atoms with van der Waals surface area (Å²) in [4.78, 5) is 24.3. The first-order valence-electron chi connectivity index (χ1n) is 5.57. The fraction of sp³-hybridized carbons (Fsp3) is 0.333. The van der Waals surface area contributed by atoms with E-state index in [-0.39, 0.29) is 6.61 Å². The summed E-state index contributed by atoms with van der Waals surface area (Å²) in [5.74, 6) is -1.06. The van der Waals surface area contributed by atoms with Crippen molar-refractivity contribution in [3.05, 3.63) is 36.7 Å². The molecule has 0 saturated heterocycles. The highest BCUT2D eigenvalue weighted by Crippen LogP contribution is 2.26. The minimum atomic E-state index is -1.06. The van der Waals surface area contributed by atoms with Crippen molar-refractivity contribution >= 4 is 12.1 Å². The predicted molar refractivity (Wildman–Crippen MR) is 63.1 cm³/mol. The minimum absolute atomic E-state index is 0.0721. The molecule has 2 heterocycles. The van der Waals surface area contributed by atoms with E-state index in [0.29, 0.717) is 18.8 Å². The molecule has 0 bridgehead atoms. The van der Waals surface area contributed by atoms with Crippen LogP contribution in [0.5, 0.6) is 0 Å². The van der Waals surface area contributed by atoms with Crippen LogP contribution in [-0.2, 0) is 16.1 Å². The summed E-state index contributed by atoms with van der Waals surface area (Å²) >= 11 is 0. The van der Waals surface area contributed by atoms with Gasteiger partial charge in [0, 0.05) is 19.3 Å². The standard InChI is InChI=1S/C12H14N2O4/c1-2-8-18-12(17)14-7-6-13-5-3-4-9(13)10(14)11(15)16/h2-5,10H,1,6-8H2,(H,15,16). The molecule has 2 rings (SSSR count). The Morgan fingerprint density at radius 2 is 2.33 bits per heavy atom. The zero-order chi connectivity index (χ0) is 13.1. The molecule has 6 nitrogen and oxygen atoms in total. The van der Waals surface area contributed by atoms with Gasteiger partial charge in [0.15, 0.2) is 6.04 Å². The Hall–Kier alpha value is -2.24. The monoisotopic (exact) mass is 250 g/mol. The van der Waals surface area contributed by atoms with Crippen LogP contribution in [0.2, 0.25) is 0 Å². The summed E-state index contributed by atoms with van der Waals surface area (Å²) in [5.41, 5.74) is 0.587. The second-order valence-electron chi connectivity index (χ2n) is 3.93. The molecule has 96 valence electrons. The van der Waals surface area contributed by atoms with Crippen molar-refractivity contribution in [3.8, 4) is 0 Å². The molecule has 1 aromatic rings. The normalized spacial score (nSPS) is 18.0. The van der Waals surface area contributed by atoms with Gasteiger partial charge in [-0.25, -0.2) is 9.59 Å². The zero-order valence-electron chi connectivity index (χ0n) is 9.78. The van der Waals surface area contributed by atoms with Crippen LogP contribution in [0.4, 0.5) is 4.79 Å². The summed E-state index contributed by atoms with van der Waals surface area (Å²) in [6.45, 7) is 4.39. The average molecular weight is 250 g/mol. The number of carbonyl (C=O) groups excluding carboxylic acids is 1. The Kier molecular flexibility index (Phi) is 3.36. The van der Waals surface area contributed by atoms with Gasteiger partial charge in [-0.1, -0.05) is 12.7 Å². The fourth-order valence-corrected chi connectivity index (χ4v) is 2.05. The Morgan fingerprint density at radius 1 is 1.56 bits per heavy atom. The first-order valence-corrected chi connectivity index (χ1v) is 5.57. The third-order valence-corrected chi connectivity index (χ3v) is 2.83. The van der Waals surface area contributed by atoms with Gasteiger partial charge in [0.2, 0.25) is 0 Å². The Balaban J connectivity index is 2.24. The maximum Gasteiger partial charge on any atom is 0.411 e. The summed E-state index contributed by atoms with van der Waals surface area (Å²) < 4.78 is 6.73. The van der Waals surface area contributed by atoms with Gasteiger partial charge in [-0.15, -0.1) is 0 Å². The largest absolute Gasteiger partial charge is 0.479 e. The van der Waals surface area contributed by atoms with Crippen molar-refractivity contribution in [2.75, 3.05) is 13.2 Å². The van der Waals surface area contributed by atoms with Crippen LogP contribution in [0.1, 0.15) is 11.7 Å². The van der Waals surface area contributed by atoms with Crippen LogP contribution in [0.15, 0.2) is 31.0 Å². The lowest BCUT2D eigenvalue weighted by atomic mass is 10.1. The number of rotatable bonds is 3. The molecule has 1 unspecified atom stereocenters. The zero-order valence-corrected chi connectivity index (χ0v) is 9.78. The average Bonchev–Trinajstić information content (AvgIpc) is 2.82. The molecule has 1 aromatic heterocycles. The summed E-state index contributed by atoms with van der Waals surface area (Å²) in [7, 11) is 0. The number of aliphatic carboxylic acids is 1. The van der Waals surface area contributed by atoms with E-state index < -0.39 is 18.1 Å². The molecule has 0 radical (unpaired) electrons. The van der Waals surface area contributed by atoms with E-state index in [1.54, 1.807) is 18.3 Å². The number of ether oxygens (including phenoxy) is 1. The van der Waals surface area contributed by atoms with E-state index in [9.17, 15) is 14.7 Å². The van der Waals surface area contributed by atoms with Crippen molar-refractivity contribution in [2.45, 2.75) is 12.6 Å². The Labute approximate surface area is 104 Å². The molecule has 18 heavy (non-hydrogen) atoms. The molecule has 0 fully saturated rings. The lowest BCUT2D eigenvalue weighted by Gasteiger charge is -2.33. The SMILES string of the molecule is C=CCOC(=O)N1CCn2cccc2C1C(=O)O. The van der Waals surface area contributed by atoms with E-state index in [4.69, 9.17) is 4.74 Å². The number of amides is 1. The van der Waals surface area contributed by atoms with Crippen molar-refractivity contribution < 1.29 is 19.4 Å². The van der Waals surface area contributed by atoms with Crippen LogP contribution in [0, 0.1) is 0 Å². The molecule has 0 aromatic carbocycles.